The highest BCUT2D eigenvalue weighted by Gasteiger charge is 2.26. The van der Waals surface area contributed by atoms with E-state index in [1.165, 1.54) is 12.1 Å². The van der Waals surface area contributed by atoms with E-state index in [2.05, 4.69) is 0 Å². The fourth-order valence-corrected chi connectivity index (χ4v) is 2.34. The lowest BCUT2D eigenvalue weighted by atomic mass is 10.1. The number of halogens is 1. The van der Waals surface area contributed by atoms with Crippen LogP contribution in [-0.4, -0.2) is 24.2 Å². The predicted octanol–water partition coefficient (Wildman–Crippen LogP) is 2.00. The Morgan fingerprint density at radius 2 is 2.39 bits per heavy atom. The fourth-order valence-electron chi connectivity index (χ4n) is 2.34. The van der Waals surface area contributed by atoms with Gasteiger partial charge in [-0.2, -0.15) is 5.26 Å². The van der Waals surface area contributed by atoms with Crippen LogP contribution in [0.5, 0.6) is 0 Å². The number of carbonyl (C=O) groups is 1. The number of hydrogen-bond donors (Lipinski definition) is 1. The summed E-state index contributed by atoms with van der Waals surface area (Å²) in [6.45, 7) is 1.31. The van der Waals surface area contributed by atoms with Crippen molar-refractivity contribution in [2.75, 3.05) is 18.0 Å². The zero-order valence-corrected chi connectivity index (χ0v) is 9.77. The first-order chi connectivity index (χ1) is 8.60. The summed E-state index contributed by atoms with van der Waals surface area (Å²) in [5.41, 5.74) is 0.984. The molecule has 0 aliphatic carbocycles. The van der Waals surface area contributed by atoms with Crippen LogP contribution in [0.25, 0.3) is 0 Å². The molecular formula is C13H13FN2O2. The molecule has 2 rings (SSSR count). The number of nitriles is 1. The topological polar surface area (TPSA) is 64.3 Å². The molecule has 0 spiro atoms. The van der Waals surface area contributed by atoms with E-state index in [0.717, 1.165) is 6.42 Å². The lowest BCUT2D eigenvalue weighted by Gasteiger charge is -2.19. The zero-order valence-electron chi connectivity index (χ0n) is 9.77. The average molecular weight is 248 g/mol. The Morgan fingerprint density at radius 3 is 3.06 bits per heavy atom. The molecule has 1 fully saturated rings. The van der Waals surface area contributed by atoms with Crippen LogP contribution >= 0.6 is 0 Å². The molecular weight excluding hydrogens is 235 g/mol. The van der Waals surface area contributed by atoms with E-state index in [9.17, 15) is 9.18 Å². The van der Waals surface area contributed by atoms with E-state index < -0.39 is 11.8 Å². The molecule has 0 amide bonds. The van der Waals surface area contributed by atoms with Gasteiger partial charge in [-0.15, -0.1) is 0 Å². The van der Waals surface area contributed by atoms with E-state index in [4.69, 9.17) is 10.4 Å². The van der Waals surface area contributed by atoms with Crippen LogP contribution in [0.1, 0.15) is 18.4 Å². The summed E-state index contributed by atoms with van der Waals surface area (Å²) in [7, 11) is 0. The first-order valence-electron chi connectivity index (χ1n) is 5.76. The van der Waals surface area contributed by atoms with Gasteiger partial charge in [0.1, 0.15) is 11.9 Å². The summed E-state index contributed by atoms with van der Waals surface area (Å²) >= 11 is 0. The van der Waals surface area contributed by atoms with Gasteiger partial charge in [0.05, 0.1) is 11.3 Å². The normalized spacial score (nSPS) is 18.7. The SMILES string of the molecule is N#Cc1cc(F)ccc1N1CCC(CC(=O)O)C1. The molecule has 1 unspecified atom stereocenters. The minimum Gasteiger partial charge on any atom is -0.481 e. The Bertz CT molecular complexity index is 510. The van der Waals surface area contributed by atoms with Gasteiger partial charge in [-0.1, -0.05) is 0 Å². The molecule has 1 aromatic rings. The minimum absolute atomic E-state index is 0.0964. The Morgan fingerprint density at radius 1 is 1.61 bits per heavy atom. The summed E-state index contributed by atoms with van der Waals surface area (Å²) in [5.74, 6) is -1.14. The predicted molar refractivity (Wildman–Crippen MR) is 63.7 cm³/mol. The molecule has 18 heavy (non-hydrogen) atoms. The quantitative estimate of drug-likeness (QED) is 0.888. The number of benzene rings is 1. The molecule has 5 heteroatoms. The van der Waals surface area contributed by atoms with Gasteiger partial charge < -0.3 is 10.0 Å². The number of carboxylic acid groups (broad SMARTS) is 1. The first kappa shape index (κ1) is 12.4. The van der Waals surface area contributed by atoms with Crippen molar-refractivity contribution in [3.63, 3.8) is 0 Å². The van der Waals surface area contributed by atoms with Crippen molar-refractivity contribution in [3.8, 4) is 6.07 Å². The molecule has 0 aromatic heterocycles. The van der Waals surface area contributed by atoms with Gasteiger partial charge >= 0.3 is 5.97 Å². The van der Waals surface area contributed by atoms with E-state index in [1.807, 2.05) is 11.0 Å². The highest BCUT2D eigenvalue weighted by Crippen LogP contribution is 2.28. The van der Waals surface area contributed by atoms with Gasteiger partial charge in [0.25, 0.3) is 0 Å². The van der Waals surface area contributed by atoms with Gasteiger partial charge in [-0.05, 0) is 30.5 Å². The Hall–Kier alpha value is -2.09. The molecule has 1 N–H and O–H groups in total. The maximum atomic E-state index is 13.0. The van der Waals surface area contributed by atoms with E-state index in [-0.39, 0.29) is 12.3 Å². The van der Waals surface area contributed by atoms with Crippen LogP contribution < -0.4 is 4.90 Å². The van der Waals surface area contributed by atoms with Crippen molar-refractivity contribution in [1.29, 1.82) is 5.26 Å². The van der Waals surface area contributed by atoms with Crippen LogP contribution in [0.3, 0.4) is 0 Å². The van der Waals surface area contributed by atoms with Crippen molar-refractivity contribution in [3.05, 3.63) is 29.6 Å². The van der Waals surface area contributed by atoms with Gasteiger partial charge in [0.15, 0.2) is 0 Å². The number of aliphatic carboxylic acids is 1. The third-order valence-electron chi connectivity index (χ3n) is 3.17. The van der Waals surface area contributed by atoms with E-state index in [0.29, 0.717) is 24.3 Å². The minimum atomic E-state index is -0.804. The molecule has 1 aliphatic heterocycles. The van der Waals surface area contributed by atoms with Crippen molar-refractivity contribution in [2.45, 2.75) is 12.8 Å². The summed E-state index contributed by atoms with van der Waals surface area (Å²) in [6.07, 6.45) is 0.925. The molecule has 4 nitrogen and oxygen atoms in total. The maximum Gasteiger partial charge on any atom is 0.303 e. The third kappa shape index (κ3) is 2.59. The molecule has 94 valence electrons. The number of carboxylic acids is 1. The van der Waals surface area contributed by atoms with Crippen LogP contribution in [0, 0.1) is 23.1 Å². The number of hydrogen-bond acceptors (Lipinski definition) is 3. The van der Waals surface area contributed by atoms with Gasteiger partial charge in [0.2, 0.25) is 0 Å². The molecule has 0 bridgehead atoms. The highest BCUT2D eigenvalue weighted by atomic mass is 19.1. The van der Waals surface area contributed by atoms with E-state index >= 15 is 0 Å². The van der Waals surface area contributed by atoms with Crippen LogP contribution in [-0.2, 0) is 4.79 Å². The number of rotatable bonds is 3. The maximum absolute atomic E-state index is 13.0. The number of anilines is 1. The molecule has 0 saturated carbocycles. The largest absolute Gasteiger partial charge is 0.481 e. The Kier molecular flexibility index (Phi) is 3.47. The molecule has 1 atom stereocenters. The van der Waals surface area contributed by atoms with Crippen molar-refractivity contribution in [1.82, 2.24) is 0 Å². The lowest BCUT2D eigenvalue weighted by Crippen LogP contribution is -2.21. The summed E-state index contributed by atoms with van der Waals surface area (Å²) in [4.78, 5) is 12.6. The second-order valence-electron chi connectivity index (χ2n) is 4.47. The summed E-state index contributed by atoms with van der Waals surface area (Å²) < 4.78 is 13.0. The summed E-state index contributed by atoms with van der Waals surface area (Å²) in [5, 5.41) is 17.7. The van der Waals surface area contributed by atoms with E-state index in [1.54, 1.807) is 6.07 Å². The van der Waals surface area contributed by atoms with Gasteiger partial charge in [0, 0.05) is 19.5 Å². The van der Waals surface area contributed by atoms with Crippen molar-refractivity contribution < 1.29 is 14.3 Å². The first-order valence-corrected chi connectivity index (χ1v) is 5.76. The molecule has 1 aromatic carbocycles. The van der Waals surface area contributed by atoms with Gasteiger partial charge in [-0.3, -0.25) is 4.79 Å². The number of nitrogens with zero attached hydrogens (tertiary/aromatic N) is 2. The standard InChI is InChI=1S/C13H13FN2O2/c14-11-1-2-12(10(6-11)7-15)16-4-3-9(8-16)5-13(17)18/h1-2,6,9H,3-5,8H2,(H,17,18). The van der Waals surface area contributed by atoms with Crippen molar-refractivity contribution in [2.24, 2.45) is 5.92 Å². The molecule has 1 heterocycles. The molecule has 1 saturated heterocycles. The third-order valence-corrected chi connectivity index (χ3v) is 3.17. The van der Waals surface area contributed by atoms with Crippen LogP contribution in [0.4, 0.5) is 10.1 Å². The smallest absolute Gasteiger partial charge is 0.303 e. The molecule has 0 radical (unpaired) electrons. The monoisotopic (exact) mass is 248 g/mol. The fraction of sp³-hybridized carbons (Fsp3) is 0.385. The Balaban J connectivity index is 2.14. The summed E-state index contributed by atoms with van der Waals surface area (Å²) in [6, 6.07) is 6.08. The van der Waals surface area contributed by atoms with Crippen LogP contribution in [0.15, 0.2) is 18.2 Å². The molecule has 1 aliphatic rings. The van der Waals surface area contributed by atoms with Crippen molar-refractivity contribution >= 4 is 11.7 Å². The van der Waals surface area contributed by atoms with Gasteiger partial charge in [-0.25, -0.2) is 4.39 Å². The average Bonchev–Trinajstić information content (AvgIpc) is 2.76. The highest BCUT2D eigenvalue weighted by molar-refractivity contribution is 5.67. The second kappa shape index (κ2) is 5.05. The lowest BCUT2D eigenvalue weighted by molar-refractivity contribution is -0.137. The second-order valence-corrected chi connectivity index (χ2v) is 4.47. The zero-order chi connectivity index (χ0) is 13.1. The van der Waals surface area contributed by atoms with Crippen LogP contribution in [0.2, 0.25) is 0 Å². The Labute approximate surface area is 104 Å².